The van der Waals surface area contributed by atoms with Gasteiger partial charge in [0.05, 0.1) is 6.54 Å². The first-order valence-electron chi connectivity index (χ1n) is 6.02. The number of carbonyl (C=O) groups excluding carboxylic acids is 1. The average Bonchev–Trinajstić information content (AvgIpc) is 2.79. The van der Waals surface area contributed by atoms with Crippen molar-refractivity contribution in [2.75, 3.05) is 5.75 Å². The summed E-state index contributed by atoms with van der Waals surface area (Å²) >= 11 is 3.07. The molecular formula is C13H13N3OS2. The van der Waals surface area contributed by atoms with Crippen LogP contribution in [0.15, 0.2) is 35.5 Å². The van der Waals surface area contributed by atoms with E-state index < -0.39 is 0 Å². The smallest absolute Gasteiger partial charge is 0.219 e. The van der Waals surface area contributed by atoms with Crippen LogP contribution in [0.1, 0.15) is 16.2 Å². The molecule has 0 aliphatic carbocycles. The SMILES string of the molecule is Cc1nc2n(n1)CC(SC(=O)c1ccccc1)CS2. The summed E-state index contributed by atoms with van der Waals surface area (Å²) in [6.07, 6.45) is 0. The van der Waals surface area contributed by atoms with Crippen LogP contribution in [0.5, 0.6) is 0 Å². The molecule has 0 fully saturated rings. The van der Waals surface area contributed by atoms with Gasteiger partial charge in [0.2, 0.25) is 5.12 Å². The number of carbonyl (C=O) groups is 1. The molecule has 0 N–H and O–H groups in total. The molecule has 0 saturated carbocycles. The van der Waals surface area contributed by atoms with Crippen LogP contribution in [0.2, 0.25) is 0 Å². The molecule has 2 aromatic rings. The molecule has 4 nitrogen and oxygen atoms in total. The number of aromatic nitrogens is 3. The van der Waals surface area contributed by atoms with E-state index in [1.807, 2.05) is 41.9 Å². The third-order valence-electron chi connectivity index (χ3n) is 2.80. The molecule has 98 valence electrons. The molecule has 19 heavy (non-hydrogen) atoms. The highest BCUT2D eigenvalue weighted by Gasteiger charge is 2.24. The van der Waals surface area contributed by atoms with Gasteiger partial charge < -0.3 is 0 Å². The average molecular weight is 291 g/mol. The van der Waals surface area contributed by atoms with Crippen LogP contribution in [0.25, 0.3) is 0 Å². The molecule has 0 saturated heterocycles. The van der Waals surface area contributed by atoms with Crippen LogP contribution < -0.4 is 0 Å². The lowest BCUT2D eigenvalue weighted by Crippen LogP contribution is -2.23. The molecule has 1 aliphatic heterocycles. The summed E-state index contributed by atoms with van der Waals surface area (Å²) in [6.45, 7) is 2.65. The Morgan fingerprint density at radius 1 is 1.42 bits per heavy atom. The number of thioether (sulfide) groups is 2. The van der Waals surface area contributed by atoms with Gasteiger partial charge in [0.25, 0.3) is 0 Å². The molecular weight excluding hydrogens is 278 g/mol. The van der Waals surface area contributed by atoms with Crippen molar-refractivity contribution in [3.63, 3.8) is 0 Å². The summed E-state index contributed by atoms with van der Waals surface area (Å²) in [5, 5.41) is 5.69. The second kappa shape index (κ2) is 5.38. The molecule has 3 rings (SSSR count). The van der Waals surface area contributed by atoms with Crippen LogP contribution in [-0.2, 0) is 6.54 Å². The minimum absolute atomic E-state index is 0.131. The third-order valence-corrected chi connectivity index (χ3v) is 5.24. The van der Waals surface area contributed by atoms with Crippen molar-refractivity contribution in [2.45, 2.75) is 23.9 Å². The van der Waals surface area contributed by atoms with Crippen LogP contribution >= 0.6 is 23.5 Å². The Labute approximate surface area is 120 Å². The van der Waals surface area contributed by atoms with E-state index in [1.54, 1.807) is 11.8 Å². The quantitative estimate of drug-likeness (QED) is 0.851. The second-order valence-corrected chi connectivity index (χ2v) is 6.59. The lowest BCUT2D eigenvalue weighted by atomic mass is 10.2. The largest absolute Gasteiger partial charge is 0.282 e. The van der Waals surface area contributed by atoms with Crippen LogP contribution in [0, 0.1) is 6.92 Å². The molecule has 2 heterocycles. The summed E-state index contributed by atoms with van der Waals surface area (Å²) in [7, 11) is 0. The molecule has 1 unspecified atom stereocenters. The highest BCUT2D eigenvalue weighted by atomic mass is 32.2. The van der Waals surface area contributed by atoms with Crippen molar-refractivity contribution >= 4 is 28.6 Å². The summed E-state index contributed by atoms with van der Waals surface area (Å²) in [5.74, 6) is 1.70. The van der Waals surface area contributed by atoms with Gasteiger partial charge in [-0.3, -0.25) is 4.79 Å². The van der Waals surface area contributed by atoms with E-state index in [2.05, 4.69) is 10.1 Å². The molecule has 1 aliphatic rings. The first kappa shape index (κ1) is 12.7. The summed E-state index contributed by atoms with van der Waals surface area (Å²) in [6, 6.07) is 9.42. The monoisotopic (exact) mass is 291 g/mol. The Morgan fingerprint density at radius 3 is 3.00 bits per heavy atom. The highest BCUT2D eigenvalue weighted by Crippen LogP contribution is 2.30. The molecule has 1 aromatic heterocycles. The van der Waals surface area contributed by atoms with E-state index in [4.69, 9.17) is 0 Å². The predicted octanol–water partition coefficient (Wildman–Crippen LogP) is 2.63. The summed E-state index contributed by atoms with van der Waals surface area (Å²) in [5.41, 5.74) is 0.762. The third kappa shape index (κ3) is 2.84. The summed E-state index contributed by atoms with van der Waals surface area (Å²) in [4.78, 5) is 16.5. The maximum Gasteiger partial charge on any atom is 0.219 e. The van der Waals surface area contributed by atoms with Crippen molar-refractivity contribution in [3.05, 3.63) is 41.7 Å². The Balaban J connectivity index is 1.68. The van der Waals surface area contributed by atoms with Crippen molar-refractivity contribution in [1.29, 1.82) is 0 Å². The Kier molecular flexibility index (Phi) is 3.61. The molecule has 0 bridgehead atoms. The molecule has 6 heteroatoms. The molecule has 0 amide bonds. The van der Waals surface area contributed by atoms with Gasteiger partial charge in [-0.2, -0.15) is 5.10 Å². The molecule has 0 spiro atoms. The highest BCUT2D eigenvalue weighted by molar-refractivity contribution is 8.15. The first-order chi connectivity index (χ1) is 9.22. The van der Waals surface area contributed by atoms with E-state index >= 15 is 0 Å². The maximum atomic E-state index is 12.1. The fraction of sp³-hybridized carbons (Fsp3) is 0.308. The Hall–Kier alpha value is -1.27. The number of benzene rings is 1. The summed E-state index contributed by atoms with van der Waals surface area (Å²) < 4.78 is 1.90. The number of hydrogen-bond donors (Lipinski definition) is 0. The number of aryl methyl sites for hydroxylation is 1. The van der Waals surface area contributed by atoms with Gasteiger partial charge in [-0.15, -0.1) is 0 Å². The van der Waals surface area contributed by atoms with Gasteiger partial charge in [0.15, 0.2) is 5.16 Å². The van der Waals surface area contributed by atoms with Gasteiger partial charge >= 0.3 is 0 Å². The van der Waals surface area contributed by atoms with E-state index in [0.717, 1.165) is 28.8 Å². The lowest BCUT2D eigenvalue weighted by molar-refractivity contribution is 0.108. The van der Waals surface area contributed by atoms with E-state index in [9.17, 15) is 4.79 Å². The zero-order valence-corrected chi connectivity index (χ0v) is 12.1. The zero-order chi connectivity index (χ0) is 13.2. The standard InChI is InChI=1S/C13H13N3OS2/c1-9-14-13-16(15-9)7-11(8-18-13)19-12(17)10-5-3-2-4-6-10/h2-6,11H,7-8H2,1H3. The van der Waals surface area contributed by atoms with Crippen molar-refractivity contribution in [1.82, 2.24) is 14.8 Å². The number of fused-ring (bicyclic) bond motifs is 1. The molecule has 1 aromatic carbocycles. The Morgan fingerprint density at radius 2 is 2.21 bits per heavy atom. The molecule has 0 radical (unpaired) electrons. The topological polar surface area (TPSA) is 47.8 Å². The first-order valence-corrected chi connectivity index (χ1v) is 7.89. The van der Waals surface area contributed by atoms with E-state index in [1.165, 1.54) is 11.8 Å². The number of nitrogens with zero attached hydrogens (tertiary/aromatic N) is 3. The maximum absolute atomic E-state index is 12.1. The van der Waals surface area contributed by atoms with E-state index in [0.29, 0.717) is 0 Å². The van der Waals surface area contributed by atoms with Crippen LogP contribution in [0.3, 0.4) is 0 Å². The zero-order valence-electron chi connectivity index (χ0n) is 10.4. The number of hydrogen-bond acceptors (Lipinski definition) is 5. The van der Waals surface area contributed by atoms with Gasteiger partial charge in [-0.1, -0.05) is 53.9 Å². The van der Waals surface area contributed by atoms with Gasteiger partial charge in [-0.25, -0.2) is 9.67 Å². The van der Waals surface area contributed by atoms with Crippen molar-refractivity contribution in [3.8, 4) is 0 Å². The fourth-order valence-electron chi connectivity index (χ4n) is 1.94. The minimum atomic E-state index is 0.131. The minimum Gasteiger partial charge on any atom is -0.282 e. The van der Waals surface area contributed by atoms with Crippen molar-refractivity contribution in [2.24, 2.45) is 0 Å². The molecule has 1 atom stereocenters. The van der Waals surface area contributed by atoms with Gasteiger partial charge in [0.1, 0.15) is 5.82 Å². The van der Waals surface area contributed by atoms with Crippen LogP contribution in [-0.4, -0.2) is 30.9 Å². The predicted molar refractivity (Wildman–Crippen MR) is 77.6 cm³/mol. The second-order valence-electron chi connectivity index (χ2n) is 4.33. The lowest BCUT2D eigenvalue weighted by Gasteiger charge is -2.20. The fourth-order valence-corrected chi connectivity index (χ4v) is 4.11. The van der Waals surface area contributed by atoms with Gasteiger partial charge in [-0.05, 0) is 6.92 Å². The number of rotatable bonds is 2. The van der Waals surface area contributed by atoms with Gasteiger partial charge in [0, 0.05) is 16.6 Å². The van der Waals surface area contributed by atoms with Crippen LogP contribution in [0.4, 0.5) is 0 Å². The normalized spacial score (nSPS) is 18.1. The van der Waals surface area contributed by atoms with E-state index in [-0.39, 0.29) is 10.4 Å². The van der Waals surface area contributed by atoms with Crippen molar-refractivity contribution < 1.29 is 4.79 Å². The Bertz CT molecular complexity index is 597.